The molecular weight excluding hydrogens is 210 g/mol. The van der Waals surface area contributed by atoms with E-state index in [1.54, 1.807) is 0 Å². The smallest absolute Gasteiger partial charge is 0.137 e. The molecule has 1 aromatic rings. The summed E-state index contributed by atoms with van der Waals surface area (Å²) in [5.41, 5.74) is 0. The summed E-state index contributed by atoms with van der Waals surface area (Å²) >= 11 is 5.95. The molecule has 15 heavy (non-hydrogen) atoms. The molecule has 3 heteroatoms. The summed E-state index contributed by atoms with van der Waals surface area (Å²) in [5, 5.41) is 4.05. The average molecular weight is 226 g/mol. The zero-order chi connectivity index (χ0) is 10.5. The van der Waals surface area contributed by atoms with Gasteiger partial charge in [0.1, 0.15) is 12.4 Å². The zero-order valence-corrected chi connectivity index (χ0v) is 9.46. The van der Waals surface area contributed by atoms with Gasteiger partial charge in [0.2, 0.25) is 0 Å². The number of rotatable bonds is 6. The highest BCUT2D eigenvalue weighted by Gasteiger charge is 2.19. The van der Waals surface area contributed by atoms with Gasteiger partial charge in [-0.25, -0.2) is 0 Å². The number of nitrogens with one attached hydrogen (secondary N) is 1. The fourth-order valence-electron chi connectivity index (χ4n) is 1.42. The molecule has 1 N–H and O–H groups in total. The lowest BCUT2D eigenvalue weighted by Gasteiger charge is -2.08. The molecule has 0 heterocycles. The Labute approximate surface area is 95.6 Å². The largest absolute Gasteiger partial charge is 0.491 e. The van der Waals surface area contributed by atoms with E-state index in [2.05, 4.69) is 5.32 Å². The number of benzene rings is 1. The predicted molar refractivity (Wildman–Crippen MR) is 62.5 cm³/mol. The maximum absolute atomic E-state index is 5.95. The van der Waals surface area contributed by atoms with Gasteiger partial charge in [-0.2, -0.15) is 0 Å². The van der Waals surface area contributed by atoms with Crippen molar-refractivity contribution < 1.29 is 4.74 Å². The van der Waals surface area contributed by atoms with Crippen LogP contribution in [0.1, 0.15) is 12.8 Å². The van der Waals surface area contributed by atoms with Crippen LogP contribution in [-0.2, 0) is 0 Å². The summed E-state index contributed by atoms with van der Waals surface area (Å²) in [7, 11) is 0. The normalized spacial score (nSPS) is 15.3. The van der Waals surface area contributed by atoms with Crippen molar-refractivity contribution >= 4 is 11.6 Å². The van der Waals surface area contributed by atoms with Crippen LogP contribution >= 0.6 is 11.6 Å². The van der Waals surface area contributed by atoms with Crippen LogP contribution in [0.2, 0.25) is 5.02 Å². The highest BCUT2D eigenvalue weighted by Crippen LogP contribution is 2.27. The predicted octanol–water partition coefficient (Wildman–Crippen LogP) is 2.72. The third-order valence-corrected chi connectivity index (χ3v) is 2.82. The van der Waals surface area contributed by atoms with Crippen molar-refractivity contribution in [2.45, 2.75) is 12.8 Å². The summed E-state index contributed by atoms with van der Waals surface area (Å²) in [6.45, 7) is 2.70. The Morgan fingerprint density at radius 1 is 1.33 bits per heavy atom. The number of ether oxygens (including phenoxy) is 1. The maximum Gasteiger partial charge on any atom is 0.137 e. The highest BCUT2D eigenvalue weighted by atomic mass is 35.5. The van der Waals surface area contributed by atoms with Crippen molar-refractivity contribution in [1.82, 2.24) is 5.32 Å². The molecule has 0 unspecified atom stereocenters. The van der Waals surface area contributed by atoms with Crippen molar-refractivity contribution in [2.24, 2.45) is 5.92 Å². The summed E-state index contributed by atoms with van der Waals surface area (Å²) in [6, 6.07) is 7.57. The van der Waals surface area contributed by atoms with Gasteiger partial charge >= 0.3 is 0 Å². The molecule has 1 aliphatic carbocycles. The molecule has 0 radical (unpaired) electrons. The van der Waals surface area contributed by atoms with E-state index in [1.807, 2.05) is 24.3 Å². The molecule has 0 saturated heterocycles. The Morgan fingerprint density at radius 2 is 2.13 bits per heavy atom. The van der Waals surface area contributed by atoms with Crippen molar-refractivity contribution in [2.75, 3.05) is 19.7 Å². The Kier molecular flexibility index (Phi) is 3.87. The lowest BCUT2D eigenvalue weighted by molar-refractivity contribution is 0.313. The van der Waals surface area contributed by atoms with Crippen molar-refractivity contribution in [3.8, 4) is 5.75 Å². The second-order valence-electron chi connectivity index (χ2n) is 3.93. The van der Waals surface area contributed by atoms with E-state index in [4.69, 9.17) is 16.3 Å². The Balaban J connectivity index is 1.62. The van der Waals surface area contributed by atoms with Crippen LogP contribution in [0.4, 0.5) is 0 Å². The summed E-state index contributed by atoms with van der Waals surface area (Å²) in [6.07, 6.45) is 2.77. The van der Waals surface area contributed by atoms with E-state index in [0.717, 1.165) is 24.8 Å². The first-order chi connectivity index (χ1) is 7.36. The van der Waals surface area contributed by atoms with Gasteiger partial charge in [0.05, 0.1) is 5.02 Å². The Bertz CT molecular complexity index is 312. The highest BCUT2D eigenvalue weighted by molar-refractivity contribution is 6.32. The minimum atomic E-state index is 0.677. The lowest BCUT2D eigenvalue weighted by atomic mass is 10.3. The first kappa shape index (κ1) is 10.8. The quantitative estimate of drug-likeness (QED) is 0.752. The molecule has 1 aliphatic rings. The summed E-state index contributed by atoms with van der Waals surface area (Å²) in [4.78, 5) is 0. The van der Waals surface area contributed by atoms with Crippen LogP contribution in [-0.4, -0.2) is 19.7 Å². The molecular formula is C12H16ClNO. The summed E-state index contributed by atoms with van der Waals surface area (Å²) in [5.74, 6) is 1.69. The van der Waals surface area contributed by atoms with Crippen LogP contribution in [0, 0.1) is 5.92 Å². The topological polar surface area (TPSA) is 21.3 Å². The minimum absolute atomic E-state index is 0.677. The van der Waals surface area contributed by atoms with Gasteiger partial charge in [-0.1, -0.05) is 23.7 Å². The molecule has 1 fully saturated rings. The number of halogens is 1. The molecule has 2 nitrogen and oxygen atoms in total. The molecule has 0 spiro atoms. The van der Waals surface area contributed by atoms with E-state index in [9.17, 15) is 0 Å². The summed E-state index contributed by atoms with van der Waals surface area (Å²) < 4.78 is 5.54. The van der Waals surface area contributed by atoms with Gasteiger partial charge in [-0.3, -0.25) is 0 Å². The van der Waals surface area contributed by atoms with E-state index < -0.39 is 0 Å². The van der Waals surface area contributed by atoms with Crippen LogP contribution in [0.3, 0.4) is 0 Å². The van der Waals surface area contributed by atoms with Crippen LogP contribution < -0.4 is 10.1 Å². The lowest BCUT2D eigenvalue weighted by Crippen LogP contribution is -2.23. The van der Waals surface area contributed by atoms with Gasteiger partial charge in [-0.05, 0) is 37.4 Å². The third kappa shape index (κ3) is 3.73. The van der Waals surface area contributed by atoms with Crippen molar-refractivity contribution in [1.29, 1.82) is 0 Å². The zero-order valence-electron chi connectivity index (χ0n) is 8.71. The SMILES string of the molecule is Clc1ccccc1OCCNCC1CC1. The second-order valence-corrected chi connectivity index (χ2v) is 4.33. The Hall–Kier alpha value is -0.730. The van der Waals surface area contributed by atoms with E-state index in [0.29, 0.717) is 11.6 Å². The van der Waals surface area contributed by atoms with Gasteiger partial charge < -0.3 is 10.1 Å². The third-order valence-electron chi connectivity index (χ3n) is 2.50. The molecule has 0 aromatic heterocycles. The molecule has 2 rings (SSSR count). The van der Waals surface area contributed by atoms with Gasteiger partial charge in [0, 0.05) is 6.54 Å². The fraction of sp³-hybridized carbons (Fsp3) is 0.500. The van der Waals surface area contributed by atoms with E-state index in [1.165, 1.54) is 12.8 Å². The van der Waals surface area contributed by atoms with Gasteiger partial charge in [-0.15, -0.1) is 0 Å². The van der Waals surface area contributed by atoms with Crippen LogP contribution in [0.15, 0.2) is 24.3 Å². The van der Waals surface area contributed by atoms with Crippen LogP contribution in [0.5, 0.6) is 5.75 Å². The molecule has 0 atom stereocenters. The minimum Gasteiger partial charge on any atom is -0.491 e. The molecule has 0 bridgehead atoms. The van der Waals surface area contributed by atoms with E-state index >= 15 is 0 Å². The molecule has 0 amide bonds. The average Bonchev–Trinajstić information content (AvgIpc) is 3.04. The fourth-order valence-corrected chi connectivity index (χ4v) is 1.61. The standard InChI is InChI=1S/C12H16ClNO/c13-11-3-1-2-4-12(11)15-8-7-14-9-10-5-6-10/h1-4,10,14H,5-9H2. The van der Waals surface area contributed by atoms with Crippen LogP contribution in [0.25, 0.3) is 0 Å². The molecule has 0 aliphatic heterocycles. The second kappa shape index (κ2) is 5.38. The van der Waals surface area contributed by atoms with Crippen molar-refractivity contribution in [3.05, 3.63) is 29.3 Å². The number of hydrogen-bond acceptors (Lipinski definition) is 2. The molecule has 1 saturated carbocycles. The Morgan fingerprint density at radius 3 is 2.87 bits per heavy atom. The first-order valence-corrected chi connectivity index (χ1v) is 5.82. The van der Waals surface area contributed by atoms with Gasteiger partial charge in [0.15, 0.2) is 0 Å². The number of hydrogen-bond donors (Lipinski definition) is 1. The number of para-hydroxylation sites is 1. The maximum atomic E-state index is 5.95. The van der Waals surface area contributed by atoms with Crippen molar-refractivity contribution in [3.63, 3.8) is 0 Å². The van der Waals surface area contributed by atoms with E-state index in [-0.39, 0.29) is 0 Å². The molecule has 1 aromatic carbocycles. The first-order valence-electron chi connectivity index (χ1n) is 5.44. The molecule has 82 valence electrons. The van der Waals surface area contributed by atoms with Gasteiger partial charge in [0.25, 0.3) is 0 Å². The monoisotopic (exact) mass is 225 g/mol.